The van der Waals surface area contributed by atoms with Crippen LogP contribution < -0.4 is 4.90 Å². The number of carbonyl (C=O) groups is 2. The van der Waals surface area contributed by atoms with Crippen LogP contribution in [0, 0.1) is 0 Å². The fourth-order valence-corrected chi connectivity index (χ4v) is 5.38. The van der Waals surface area contributed by atoms with Crippen molar-refractivity contribution in [3.63, 3.8) is 0 Å². The molecular formula is C29H37N9O4. The number of benzene rings is 1. The summed E-state index contributed by atoms with van der Waals surface area (Å²) in [6.45, 7) is 11.1. The highest BCUT2D eigenvalue weighted by molar-refractivity contribution is 5.87. The van der Waals surface area contributed by atoms with Gasteiger partial charge in [0.05, 0.1) is 30.8 Å². The number of piperazine rings is 1. The van der Waals surface area contributed by atoms with Gasteiger partial charge in [0.1, 0.15) is 23.8 Å². The van der Waals surface area contributed by atoms with E-state index < -0.39 is 11.7 Å². The van der Waals surface area contributed by atoms with Gasteiger partial charge in [0.2, 0.25) is 11.9 Å². The number of aryl methyl sites for hydroxylation is 2. The van der Waals surface area contributed by atoms with Gasteiger partial charge in [0, 0.05) is 39.6 Å². The van der Waals surface area contributed by atoms with Crippen molar-refractivity contribution in [3.05, 3.63) is 35.9 Å². The number of fused-ring (bicyclic) bond motifs is 2. The van der Waals surface area contributed by atoms with Gasteiger partial charge in [-0.1, -0.05) is 19.1 Å². The zero-order chi connectivity index (χ0) is 29.6. The Hall–Kier alpha value is -4.26. The van der Waals surface area contributed by atoms with Crippen LogP contribution >= 0.6 is 0 Å². The maximum absolute atomic E-state index is 13.1. The quantitative estimate of drug-likeness (QED) is 0.353. The van der Waals surface area contributed by atoms with Crippen LogP contribution in [0.1, 0.15) is 39.3 Å². The highest BCUT2D eigenvalue weighted by Gasteiger charge is 2.32. The fourth-order valence-electron chi connectivity index (χ4n) is 5.38. The zero-order valence-electron chi connectivity index (χ0n) is 24.8. The molecule has 0 N–H and O–H groups in total. The van der Waals surface area contributed by atoms with Gasteiger partial charge in [-0.25, -0.2) is 14.8 Å². The van der Waals surface area contributed by atoms with E-state index in [1.54, 1.807) is 4.90 Å². The van der Waals surface area contributed by atoms with E-state index in [2.05, 4.69) is 11.8 Å². The molecule has 0 radical (unpaired) electrons. The van der Waals surface area contributed by atoms with E-state index in [4.69, 9.17) is 29.4 Å². The van der Waals surface area contributed by atoms with Crippen molar-refractivity contribution < 1.29 is 19.1 Å². The van der Waals surface area contributed by atoms with Gasteiger partial charge >= 0.3 is 6.09 Å². The number of morpholine rings is 1. The zero-order valence-corrected chi connectivity index (χ0v) is 24.8. The second-order valence-electron chi connectivity index (χ2n) is 11.6. The Bertz CT molecular complexity index is 1650. The number of hydrogen-bond donors (Lipinski definition) is 0. The minimum atomic E-state index is -0.622. The van der Waals surface area contributed by atoms with E-state index in [9.17, 15) is 9.59 Å². The molecule has 13 heteroatoms. The molecule has 2 fully saturated rings. The number of aromatic nitrogens is 6. The summed E-state index contributed by atoms with van der Waals surface area (Å²) in [4.78, 5) is 50.9. The molecule has 1 aromatic carbocycles. The smallest absolute Gasteiger partial charge is 0.410 e. The number of nitrogens with zero attached hydrogens (tertiary/aromatic N) is 9. The van der Waals surface area contributed by atoms with E-state index in [0.717, 1.165) is 29.1 Å². The van der Waals surface area contributed by atoms with Crippen LogP contribution in [-0.4, -0.2) is 102 Å². The van der Waals surface area contributed by atoms with Gasteiger partial charge in [0.25, 0.3) is 0 Å². The summed E-state index contributed by atoms with van der Waals surface area (Å²) in [5, 5.41) is 0. The molecule has 2 aliphatic heterocycles. The Morgan fingerprint density at radius 3 is 2.48 bits per heavy atom. The molecule has 0 atom stereocenters. The molecular weight excluding hydrogens is 538 g/mol. The van der Waals surface area contributed by atoms with Crippen LogP contribution in [0.5, 0.6) is 0 Å². The predicted octanol–water partition coefficient (Wildman–Crippen LogP) is 2.68. The molecule has 13 nitrogen and oxygen atoms in total. The molecule has 0 unspecified atom stereocenters. The Kier molecular flexibility index (Phi) is 7.21. The minimum Gasteiger partial charge on any atom is -0.444 e. The molecule has 0 saturated carbocycles. The molecule has 6 rings (SSSR count). The van der Waals surface area contributed by atoms with Gasteiger partial charge in [-0.2, -0.15) is 9.97 Å². The van der Waals surface area contributed by atoms with Crippen LogP contribution in [0.4, 0.5) is 10.6 Å². The second kappa shape index (κ2) is 10.9. The number of rotatable bonds is 5. The molecule has 5 heterocycles. The van der Waals surface area contributed by atoms with Crippen molar-refractivity contribution >= 4 is 40.0 Å². The van der Waals surface area contributed by atoms with Crippen LogP contribution in [0.2, 0.25) is 0 Å². The maximum Gasteiger partial charge on any atom is 0.410 e. The van der Waals surface area contributed by atoms with Crippen molar-refractivity contribution in [2.24, 2.45) is 7.05 Å². The predicted molar refractivity (Wildman–Crippen MR) is 157 cm³/mol. The Labute approximate surface area is 244 Å². The second-order valence-corrected chi connectivity index (χ2v) is 11.6. The minimum absolute atomic E-state index is 0.0324. The van der Waals surface area contributed by atoms with E-state index in [1.165, 1.54) is 4.90 Å². The standard InChI is InChI=1S/C29H37N9O4/c1-6-21-30-19-9-7-8-10-20(19)38(21)27-32-25-24(26(33-27)35-13-15-41-16-14-35)31-22(34(25)5)17-36-11-12-37(18-23(36)39)28(40)42-29(2,3)4/h7-10H,6,11-18H2,1-5H3. The van der Waals surface area contributed by atoms with E-state index >= 15 is 0 Å². The number of imidazole rings is 2. The van der Waals surface area contributed by atoms with Crippen LogP contribution in [0.15, 0.2) is 24.3 Å². The molecule has 42 heavy (non-hydrogen) atoms. The summed E-state index contributed by atoms with van der Waals surface area (Å²) < 4.78 is 15.0. The van der Waals surface area contributed by atoms with Crippen LogP contribution in [-0.2, 0) is 34.3 Å². The van der Waals surface area contributed by atoms with Crippen molar-refractivity contribution in [2.45, 2.75) is 46.3 Å². The SMILES string of the molecule is CCc1nc2ccccc2n1-c1nc(N2CCOCC2)c2nc(CN3CCN(C(=O)OC(C)(C)C)CC3=O)n(C)c2n1. The monoisotopic (exact) mass is 575 g/mol. The summed E-state index contributed by atoms with van der Waals surface area (Å²) >= 11 is 0. The van der Waals surface area contributed by atoms with Crippen LogP contribution in [0.3, 0.4) is 0 Å². The highest BCUT2D eigenvalue weighted by atomic mass is 16.6. The Balaban J connectivity index is 1.36. The van der Waals surface area contributed by atoms with Crippen molar-refractivity contribution in [1.29, 1.82) is 0 Å². The summed E-state index contributed by atoms with van der Waals surface area (Å²) in [5.74, 6) is 2.68. The fraction of sp³-hybridized carbons (Fsp3) is 0.517. The topological polar surface area (TPSA) is 124 Å². The first-order valence-corrected chi connectivity index (χ1v) is 14.4. The number of hydrogen-bond acceptors (Lipinski definition) is 9. The first kappa shape index (κ1) is 27.9. The Morgan fingerprint density at radius 2 is 1.76 bits per heavy atom. The average Bonchev–Trinajstić information content (AvgIpc) is 3.50. The lowest BCUT2D eigenvalue weighted by atomic mass is 10.2. The molecule has 222 valence electrons. The molecule has 0 bridgehead atoms. The van der Waals surface area contributed by atoms with Gasteiger partial charge in [-0.05, 0) is 32.9 Å². The van der Waals surface area contributed by atoms with E-state index in [0.29, 0.717) is 68.9 Å². The number of para-hydroxylation sites is 2. The lowest BCUT2D eigenvalue weighted by Crippen LogP contribution is -2.53. The Morgan fingerprint density at radius 1 is 1.00 bits per heavy atom. The number of ether oxygens (including phenoxy) is 2. The van der Waals surface area contributed by atoms with E-state index in [1.807, 2.05) is 61.2 Å². The number of anilines is 1. The van der Waals surface area contributed by atoms with Gasteiger partial charge in [-0.3, -0.25) is 14.3 Å². The van der Waals surface area contributed by atoms with Crippen LogP contribution in [0.25, 0.3) is 28.1 Å². The van der Waals surface area contributed by atoms with Gasteiger partial charge in [0.15, 0.2) is 17.0 Å². The first-order valence-electron chi connectivity index (χ1n) is 14.4. The molecule has 3 aromatic heterocycles. The third-order valence-electron chi connectivity index (χ3n) is 7.54. The van der Waals surface area contributed by atoms with Crippen molar-refractivity contribution in [1.82, 2.24) is 38.9 Å². The normalized spacial score (nSPS) is 16.6. The molecule has 2 amide bonds. The number of carbonyl (C=O) groups excluding carboxylic acids is 2. The molecule has 0 spiro atoms. The maximum atomic E-state index is 13.1. The molecule has 0 aliphatic carbocycles. The third-order valence-corrected chi connectivity index (χ3v) is 7.54. The van der Waals surface area contributed by atoms with Gasteiger partial charge < -0.3 is 23.8 Å². The van der Waals surface area contributed by atoms with Crippen molar-refractivity contribution in [2.75, 3.05) is 50.8 Å². The summed E-state index contributed by atoms with van der Waals surface area (Å²) in [7, 11) is 1.92. The summed E-state index contributed by atoms with van der Waals surface area (Å²) in [6, 6.07) is 7.99. The highest BCUT2D eigenvalue weighted by Crippen LogP contribution is 2.29. The van der Waals surface area contributed by atoms with Gasteiger partial charge in [-0.15, -0.1) is 0 Å². The number of amides is 2. The summed E-state index contributed by atoms with van der Waals surface area (Å²) in [5.41, 5.74) is 2.57. The first-order chi connectivity index (χ1) is 20.1. The molecule has 2 aliphatic rings. The largest absolute Gasteiger partial charge is 0.444 e. The average molecular weight is 576 g/mol. The lowest BCUT2D eigenvalue weighted by Gasteiger charge is -2.35. The molecule has 2 saturated heterocycles. The summed E-state index contributed by atoms with van der Waals surface area (Å²) in [6.07, 6.45) is 0.242. The molecule has 4 aromatic rings. The van der Waals surface area contributed by atoms with Crippen molar-refractivity contribution in [3.8, 4) is 5.95 Å². The lowest BCUT2D eigenvalue weighted by molar-refractivity contribution is -0.136. The third kappa shape index (κ3) is 5.24. The van der Waals surface area contributed by atoms with E-state index in [-0.39, 0.29) is 12.5 Å².